The SMILES string of the molecule is Cc1cc(C(=O)O)ccc1-c1ccc([C@@H]2[C@H](c3ccccn3)NC(=S)N2CCC(=O)Nc2ccccc2F)o1. The number of benzene rings is 2. The highest BCUT2D eigenvalue weighted by atomic mass is 32.1. The maximum absolute atomic E-state index is 14.0. The van der Waals surface area contributed by atoms with E-state index in [0.29, 0.717) is 16.6 Å². The number of hydrogen-bond acceptors (Lipinski definition) is 5. The van der Waals surface area contributed by atoms with Gasteiger partial charge in [-0.1, -0.05) is 24.3 Å². The van der Waals surface area contributed by atoms with Gasteiger partial charge in [0.15, 0.2) is 5.11 Å². The number of nitrogens with one attached hydrogen (secondary N) is 2. The smallest absolute Gasteiger partial charge is 0.335 e. The molecule has 1 aliphatic rings. The third kappa shape index (κ3) is 5.51. The number of anilines is 1. The number of aromatic nitrogens is 1. The number of carbonyl (C=O) groups excluding carboxylic acids is 1. The zero-order chi connectivity index (χ0) is 27.5. The molecule has 2 atom stereocenters. The number of carboxylic acids is 1. The number of amides is 1. The number of hydrogen-bond donors (Lipinski definition) is 3. The molecule has 1 amide bonds. The van der Waals surface area contributed by atoms with Gasteiger partial charge in [-0.3, -0.25) is 9.78 Å². The second-order valence-electron chi connectivity index (χ2n) is 9.13. The number of aryl methyl sites for hydroxylation is 1. The van der Waals surface area contributed by atoms with Gasteiger partial charge in [0.2, 0.25) is 5.91 Å². The molecular weight excluding hydrogens is 519 g/mol. The summed E-state index contributed by atoms with van der Waals surface area (Å²) < 4.78 is 20.3. The number of rotatable bonds is 8. The summed E-state index contributed by atoms with van der Waals surface area (Å²) in [4.78, 5) is 30.4. The van der Waals surface area contributed by atoms with Crippen LogP contribution in [0, 0.1) is 12.7 Å². The predicted molar refractivity (Wildman–Crippen MR) is 148 cm³/mol. The van der Waals surface area contributed by atoms with Crippen molar-refractivity contribution in [3.63, 3.8) is 0 Å². The number of para-hydroxylation sites is 1. The fraction of sp³-hybridized carbons (Fsp3) is 0.172. The van der Waals surface area contributed by atoms with Crippen molar-refractivity contribution in [3.05, 3.63) is 107 Å². The lowest BCUT2D eigenvalue weighted by Crippen LogP contribution is -2.32. The molecule has 4 aromatic rings. The van der Waals surface area contributed by atoms with E-state index >= 15 is 0 Å². The van der Waals surface area contributed by atoms with Crippen LogP contribution in [-0.2, 0) is 4.79 Å². The van der Waals surface area contributed by atoms with E-state index in [9.17, 15) is 19.1 Å². The fourth-order valence-corrected chi connectivity index (χ4v) is 5.01. The Kier molecular flexibility index (Phi) is 7.38. The minimum absolute atomic E-state index is 0.0604. The van der Waals surface area contributed by atoms with Crippen molar-refractivity contribution in [2.24, 2.45) is 0 Å². The van der Waals surface area contributed by atoms with Crippen LogP contribution in [0.1, 0.15) is 45.9 Å². The summed E-state index contributed by atoms with van der Waals surface area (Å²) >= 11 is 5.65. The van der Waals surface area contributed by atoms with E-state index in [4.69, 9.17) is 16.6 Å². The second-order valence-corrected chi connectivity index (χ2v) is 9.52. The molecule has 198 valence electrons. The van der Waals surface area contributed by atoms with Crippen molar-refractivity contribution in [3.8, 4) is 11.3 Å². The Balaban J connectivity index is 1.42. The first-order valence-corrected chi connectivity index (χ1v) is 12.7. The highest BCUT2D eigenvalue weighted by Crippen LogP contribution is 2.41. The summed E-state index contributed by atoms with van der Waals surface area (Å²) in [6.45, 7) is 2.08. The first kappa shape index (κ1) is 26.1. The lowest BCUT2D eigenvalue weighted by Gasteiger charge is -2.26. The van der Waals surface area contributed by atoms with Gasteiger partial charge in [-0.2, -0.15) is 0 Å². The topological polar surface area (TPSA) is 108 Å². The number of halogens is 1. The van der Waals surface area contributed by atoms with Gasteiger partial charge in [0.05, 0.1) is 23.0 Å². The lowest BCUT2D eigenvalue weighted by atomic mass is 10.0. The van der Waals surface area contributed by atoms with Crippen LogP contribution in [0.2, 0.25) is 0 Å². The van der Waals surface area contributed by atoms with Crippen molar-refractivity contribution in [2.75, 3.05) is 11.9 Å². The summed E-state index contributed by atoms with van der Waals surface area (Å²) in [7, 11) is 0. The summed E-state index contributed by atoms with van der Waals surface area (Å²) in [6.07, 6.45) is 1.76. The van der Waals surface area contributed by atoms with Gasteiger partial charge in [0, 0.05) is 24.7 Å². The zero-order valence-corrected chi connectivity index (χ0v) is 21.7. The van der Waals surface area contributed by atoms with Crippen LogP contribution in [0.4, 0.5) is 10.1 Å². The lowest BCUT2D eigenvalue weighted by molar-refractivity contribution is -0.116. The molecule has 0 aliphatic carbocycles. The molecular formula is C29H25FN4O4S. The predicted octanol–water partition coefficient (Wildman–Crippen LogP) is 5.49. The van der Waals surface area contributed by atoms with Crippen LogP contribution in [0.5, 0.6) is 0 Å². The van der Waals surface area contributed by atoms with E-state index in [1.54, 1.807) is 30.5 Å². The van der Waals surface area contributed by atoms with Gasteiger partial charge in [-0.05, 0) is 73.2 Å². The average Bonchev–Trinajstić information content (AvgIpc) is 3.53. The molecule has 0 unspecified atom stereocenters. The standard InChI is InChI=1S/C29H25FN4O4S/c1-17-16-18(28(36)37)9-10-19(17)23-11-12-24(38-23)27-26(22-8-4-5-14-31-22)33-29(39)34(27)15-13-25(35)32-21-7-3-2-6-20(21)30/h2-12,14,16,26-27H,13,15H2,1H3,(H,32,35)(H,33,39)(H,36,37)/t26-,27+/m0/s1. The van der Waals surface area contributed by atoms with Gasteiger partial charge < -0.3 is 25.1 Å². The van der Waals surface area contributed by atoms with Crippen molar-refractivity contribution in [2.45, 2.75) is 25.4 Å². The molecule has 0 bridgehead atoms. The average molecular weight is 545 g/mol. The number of furan rings is 1. The summed E-state index contributed by atoms with van der Waals surface area (Å²) in [5, 5.41) is 15.7. The molecule has 1 saturated heterocycles. The Morgan fingerprint density at radius 3 is 2.64 bits per heavy atom. The third-order valence-electron chi connectivity index (χ3n) is 6.58. The summed E-state index contributed by atoms with van der Waals surface area (Å²) in [6, 6.07) is 19.4. The Morgan fingerprint density at radius 1 is 1.13 bits per heavy atom. The molecule has 1 fully saturated rings. The van der Waals surface area contributed by atoms with Crippen LogP contribution >= 0.6 is 12.2 Å². The number of carboxylic acid groups (broad SMARTS) is 1. The minimum Gasteiger partial charge on any atom is -0.478 e. The normalized spacial score (nSPS) is 16.7. The summed E-state index contributed by atoms with van der Waals surface area (Å²) in [5.74, 6) is -0.675. The Labute approximate surface area is 229 Å². The van der Waals surface area contributed by atoms with E-state index in [-0.39, 0.29) is 36.2 Å². The number of nitrogens with zero attached hydrogens (tertiary/aromatic N) is 2. The molecule has 3 N–H and O–H groups in total. The fourth-order valence-electron chi connectivity index (χ4n) is 4.68. The molecule has 3 heterocycles. The van der Waals surface area contributed by atoms with Crippen LogP contribution < -0.4 is 10.6 Å². The molecule has 2 aromatic heterocycles. The van der Waals surface area contributed by atoms with E-state index in [1.165, 1.54) is 18.2 Å². The van der Waals surface area contributed by atoms with E-state index < -0.39 is 17.8 Å². The molecule has 2 aromatic carbocycles. The van der Waals surface area contributed by atoms with Crippen LogP contribution in [0.15, 0.2) is 83.4 Å². The minimum atomic E-state index is -0.997. The van der Waals surface area contributed by atoms with Gasteiger partial charge in [0.25, 0.3) is 0 Å². The van der Waals surface area contributed by atoms with Gasteiger partial charge in [0.1, 0.15) is 23.4 Å². The van der Waals surface area contributed by atoms with Crippen LogP contribution in [0.25, 0.3) is 11.3 Å². The van der Waals surface area contributed by atoms with E-state index in [2.05, 4.69) is 15.6 Å². The Hall–Kier alpha value is -4.57. The third-order valence-corrected chi connectivity index (χ3v) is 6.93. The largest absolute Gasteiger partial charge is 0.478 e. The Morgan fingerprint density at radius 2 is 1.92 bits per heavy atom. The maximum Gasteiger partial charge on any atom is 0.335 e. The first-order chi connectivity index (χ1) is 18.8. The molecule has 5 rings (SSSR count). The van der Waals surface area contributed by atoms with E-state index in [0.717, 1.165) is 16.8 Å². The zero-order valence-electron chi connectivity index (χ0n) is 20.9. The number of pyridine rings is 1. The second kappa shape index (κ2) is 11.0. The molecule has 1 aliphatic heterocycles. The first-order valence-electron chi connectivity index (χ1n) is 12.3. The molecule has 0 saturated carbocycles. The number of carbonyl (C=O) groups is 2. The van der Waals surface area contributed by atoms with Crippen LogP contribution in [-0.4, -0.2) is 38.5 Å². The Bertz CT molecular complexity index is 1540. The molecule has 39 heavy (non-hydrogen) atoms. The highest BCUT2D eigenvalue weighted by molar-refractivity contribution is 7.80. The van der Waals surface area contributed by atoms with Gasteiger partial charge in [-0.25, -0.2) is 9.18 Å². The summed E-state index contributed by atoms with van der Waals surface area (Å²) in [5.41, 5.74) is 2.60. The molecule has 0 radical (unpaired) electrons. The van der Waals surface area contributed by atoms with Gasteiger partial charge >= 0.3 is 5.97 Å². The molecule has 8 nitrogen and oxygen atoms in total. The van der Waals surface area contributed by atoms with Crippen molar-refractivity contribution >= 4 is 34.9 Å². The maximum atomic E-state index is 14.0. The number of aromatic carboxylic acids is 1. The molecule has 0 spiro atoms. The van der Waals surface area contributed by atoms with Crippen molar-refractivity contribution in [1.29, 1.82) is 0 Å². The highest BCUT2D eigenvalue weighted by Gasteiger charge is 2.41. The van der Waals surface area contributed by atoms with Crippen LogP contribution in [0.3, 0.4) is 0 Å². The van der Waals surface area contributed by atoms with Gasteiger partial charge in [-0.15, -0.1) is 0 Å². The molecule has 10 heteroatoms. The number of thiocarbonyl (C=S) groups is 1. The van der Waals surface area contributed by atoms with Crippen molar-refractivity contribution < 1.29 is 23.5 Å². The monoisotopic (exact) mass is 544 g/mol. The van der Waals surface area contributed by atoms with E-state index in [1.807, 2.05) is 42.2 Å². The quantitative estimate of drug-likeness (QED) is 0.250. The van der Waals surface area contributed by atoms with Crippen molar-refractivity contribution in [1.82, 2.24) is 15.2 Å².